The third kappa shape index (κ3) is 2.59. The van der Waals surface area contributed by atoms with Crippen molar-refractivity contribution < 1.29 is 9.53 Å². The Balaban J connectivity index is 1.61. The maximum Gasteiger partial charge on any atom is 0.253 e. The number of rotatable bonds is 2. The van der Waals surface area contributed by atoms with Gasteiger partial charge in [0, 0.05) is 24.5 Å². The molecule has 1 fully saturated rings. The van der Waals surface area contributed by atoms with Gasteiger partial charge in [0.25, 0.3) is 5.91 Å². The van der Waals surface area contributed by atoms with E-state index in [-0.39, 0.29) is 11.9 Å². The molecular weight excluding hydrogens is 290 g/mol. The fourth-order valence-corrected chi connectivity index (χ4v) is 3.22. The fourth-order valence-electron chi connectivity index (χ4n) is 3.22. The van der Waals surface area contributed by atoms with E-state index in [0.29, 0.717) is 12.2 Å². The molecule has 0 saturated carbocycles. The van der Waals surface area contributed by atoms with E-state index < -0.39 is 0 Å². The predicted octanol–water partition coefficient (Wildman–Crippen LogP) is 2.62. The van der Waals surface area contributed by atoms with E-state index >= 15 is 0 Å². The van der Waals surface area contributed by atoms with Crippen LogP contribution >= 0.6 is 0 Å². The standard InChI is InChI=1S/C18H17N3O2/c22-18(14-10-13-4-1-2-6-17(13)23-12-14)21-9-3-5-16(21)15-11-19-7-8-20-15/h1-2,4,6-8,10-11,16H,3,5,9,12H2/t16-/m0/s1. The van der Waals surface area contributed by atoms with E-state index in [1.807, 2.05) is 35.2 Å². The molecule has 5 heteroatoms. The molecule has 1 atom stereocenters. The summed E-state index contributed by atoms with van der Waals surface area (Å²) in [5.41, 5.74) is 2.51. The summed E-state index contributed by atoms with van der Waals surface area (Å²) in [5, 5.41) is 0. The molecule has 2 aliphatic rings. The lowest BCUT2D eigenvalue weighted by atomic mass is 10.1. The highest BCUT2D eigenvalue weighted by atomic mass is 16.5. The minimum Gasteiger partial charge on any atom is -0.488 e. The smallest absolute Gasteiger partial charge is 0.253 e. The van der Waals surface area contributed by atoms with Gasteiger partial charge in [0.2, 0.25) is 0 Å². The fraction of sp³-hybridized carbons (Fsp3) is 0.278. The van der Waals surface area contributed by atoms with Crippen LogP contribution in [0.2, 0.25) is 0 Å². The predicted molar refractivity (Wildman–Crippen MR) is 85.6 cm³/mol. The quantitative estimate of drug-likeness (QED) is 0.856. The lowest BCUT2D eigenvalue weighted by molar-refractivity contribution is -0.128. The van der Waals surface area contributed by atoms with Crippen LogP contribution < -0.4 is 4.74 Å². The van der Waals surface area contributed by atoms with Crippen molar-refractivity contribution in [3.63, 3.8) is 0 Å². The summed E-state index contributed by atoms with van der Waals surface area (Å²) in [6.45, 7) is 1.07. The number of aromatic nitrogens is 2. The molecule has 1 amide bonds. The first-order valence-corrected chi connectivity index (χ1v) is 7.82. The van der Waals surface area contributed by atoms with Crippen molar-refractivity contribution >= 4 is 12.0 Å². The van der Waals surface area contributed by atoms with Gasteiger partial charge < -0.3 is 9.64 Å². The number of ether oxygens (including phenoxy) is 1. The number of para-hydroxylation sites is 1. The number of benzene rings is 1. The summed E-state index contributed by atoms with van der Waals surface area (Å²) >= 11 is 0. The van der Waals surface area contributed by atoms with Crippen molar-refractivity contribution in [2.75, 3.05) is 13.2 Å². The second-order valence-electron chi connectivity index (χ2n) is 5.78. The Hall–Kier alpha value is -2.69. The van der Waals surface area contributed by atoms with E-state index in [0.717, 1.165) is 36.4 Å². The number of fused-ring (bicyclic) bond motifs is 1. The topological polar surface area (TPSA) is 55.3 Å². The molecule has 0 spiro atoms. The van der Waals surface area contributed by atoms with Crippen LogP contribution in [0, 0.1) is 0 Å². The average Bonchev–Trinajstić information content (AvgIpc) is 3.11. The van der Waals surface area contributed by atoms with Gasteiger partial charge in [-0.2, -0.15) is 0 Å². The zero-order valence-corrected chi connectivity index (χ0v) is 12.7. The normalized spacial score (nSPS) is 19.7. The number of carbonyl (C=O) groups excluding carboxylic acids is 1. The first-order valence-electron chi connectivity index (χ1n) is 7.82. The van der Waals surface area contributed by atoms with Crippen LogP contribution in [0.1, 0.15) is 30.1 Å². The zero-order chi connectivity index (χ0) is 15.6. The van der Waals surface area contributed by atoms with Gasteiger partial charge in [-0.3, -0.25) is 14.8 Å². The highest BCUT2D eigenvalue weighted by Gasteiger charge is 2.33. The molecule has 1 saturated heterocycles. The van der Waals surface area contributed by atoms with Gasteiger partial charge in [-0.05, 0) is 25.0 Å². The molecule has 0 radical (unpaired) electrons. The number of carbonyl (C=O) groups is 1. The molecule has 116 valence electrons. The van der Waals surface area contributed by atoms with Crippen LogP contribution in [0.25, 0.3) is 6.08 Å². The highest BCUT2D eigenvalue weighted by molar-refractivity contribution is 5.99. The molecular formula is C18H17N3O2. The van der Waals surface area contributed by atoms with E-state index in [4.69, 9.17) is 4.74 Å². The van der Waals surface area contributed by atoms with Gasteiger partial charge in [0.1, 0.15) is 12.4 Å². The molecule has 23 heavy (non-hydrogen) atoms. The van der Waals surface area contributed by atoms with Crippen LogP contribution in [0.15, 0.2) is 48.4 Å². The summed E-state index contributed by atoms with van der Waals surface area (Å²) in [6.07, 6.45) is 8.92. The zero-order valence-electron chi connectivity index (χ0n) is 12.7. The molecule has 5 nitrogen and oxygen atoms in total. The Morgan fingerprint density at radius 1 is 1.26 bits per heavy atom. The van der Waals surface area contributed by atoms with Crippen LogP contribution in [0.5, 0.6) is 5.75 Å². The SMILES string of the molecule is O=C(C1=Cc2ccccc2OC1)N1CCC[C@H]1c1cnccn1. The molecule has 1 aromatic heterocycles. The maximum atomic E-state index is 12.9. The van der Waals surface area contributed by atoms with Crippen LogP contribution in [-0.2, 0) is 4.79 Å². The van der Waals surface area contributed by atoms with Gasteiger partial charge in [-0.25, -0.2) is 0 Å². The molecule has 2 aliphatic heterocycles. The number of likely N-dealkylation sites (tertiary alicyclic amines) is 1. The number of nitrogens with zero attached hydrogens (tertiary/aromatic N) is 3. The minimum absolute atomic E-state index is 0.00858. The van der Waals surface area contributed by atoms with Crippen molar-refractivity contribution in [1.29, 1.82) is 0 Å². The van der Waals surface area contributed by atoms with Crippen LogP contribution in [-0.4, -0.2) is 33.9 Å². The van der Waals surface area contributed by atoms with Gasteiger partial charge in [-0.1, -0.05) is 18.2 Å². The summed E-state index contributed by atoms with van der Waals surface area (Å²) in [4.78, 5) is 23.3. The van der Waals surface area contributed by atoms with E-state index in [1.54, 1.807) is 18.6 Å². The number of amides is 1. The Kier molecular flexibility index (Phi) is 3.54. The molecule has 4 rings (SSSR count). The van der Waals surface area contributed by atoms with Crippen molar-refractivity contribution in [3.05, 3.63) is 59.7 Å². The highest BCUT2D eigenvalue weighted by Crippen LogP contribution is 2.33. The summed E-state index contributed by atoms with van der Waals surface area (Å²) in [6, 6.07) is 7.78. The van der Waals surface area contributed by atoms with Crippen molar-refractivity contribution in [3.8, 4) is 5.75 Å². The van der Waals surface area contributed by atoms with Gasteiger partial charge in [0.15, 0.2) is 0 Å². The Bertz CT molecular complexity index is 758. The van der Waals surface area contributed by atoms with Gasteiger partial charge in [-0.15, -0.1) is 0 Å². The molecule has 0 bridgehead atoms. The van der Waals surface area contributed by atoms with E-state index in [1.165, 1.54) is 0 Å². The molecule has 0 unspecified atom stereocenters. The Morgan fingerprint density at radius 3 is 3.04 bits per heavy atom. The second kappa shape index (κ2) is 5.83. The summed E-state index contributed by atoms with van der Waals surface area (Å²) in [5.74, 6) is 0.864. The minimum atomic E-state index is 0.00858. The third-order valence-electron chi connectivity index (χ3n) is 4.34. The molecule has 2 aromatic rings. The van der Waals surface area contributed by atoms with Gasteiger partial charge >= 0.3 is 0 Å². The van der Waals surface area contributed by atoms with E-state index in [2.05, 4.69) is 9.97 Å². The summed E-state index contributed by atoms with van der Waals surface area (Å²) < 4.78 is 5.71. The largest absolute Gasteiger partial charge is 0.488 e. The Morgan fingerprint density at radius 2 is 2.17 bits per heavy atom. The Labute approximate surface area is 134 Å². The third-order valence-corrected chi connectivity index (χ3v) is 4.34. The van der Waals surface area contributed by atoms with Crippen LogP contribution in [0.4, 0.5) is 0 Å². The van der Waals surface area contributed by atoms with Gasteiger partial charge in [0.05, 0.1) is 23.5 Å². The van der Waals surface area contributed by atoms with Crippen molar-refractivity contribution in [1.82, 2.24) is 14.9 Å². The average molecular weight is 307 g/mol. The molecule has 1 aromatic carbocycles. The van der Waals surface area contributed by atoms with Crippen molar-refractivity contribution in [2.24, 2.45) is 0 Å². The van der Waals surface area contributed by atoms with Crippen LogP contribution in [0.3, 0.4) is 0 Å². The van der Waals surface area contributed by atoms with E-state index in [9.17, 15) is 4.79 Å². The molecule has 0 N–H and O–H groups in total. The maximum absolute atomic E-state index is 12.9. The molecule has 3 heterocycles. The number of hydrogen-bond acceptors (Lipinski definition) is 4. The molecule has 0 aliphatic carbocycles. The van der Waals surface area contributed by atoms with Crippen molar-refractivity contribution in [2.45, 2.75) is 18.9 Å². The first kappa shape index (κ1) is 13.9. The first-order chi connectivity index (χ1) is 11.3. The summed E-state index contributed by atoms with van der Waals surface area (Å²) in [7, 11) is 0. The lowest BCUT2D eigenvalue weighted by Gasteiger charge is -2.26. The number of hydrogen-bond donors (Lipinski definition) is 0. The lowest BCUT2D eigenvalue weighted by Crippen LogP contribution is -2.34. The second-order valence-corrected chi connectivity index (χ2v) is 5.78. The monoisotopic (exact) mass is 307 g/mol.